The van der Waals surface area contributed by atoms with Crippen molar-refractivity contribution in [1.82, 2.24) is 13.5 Å². The van der Waals surface area contributed by atoms with E-state index in [-0.39, 0.29) is 6.04 Å². The summed E-state index contributed by atoms with van der Waals surface area (Å²) in [6, 6.07) is 10.2. The molecule has 132 valence electrons. The van der Waals surface area contributed by atoms with Crippen molar-refractivity contribution in [3.63, 3.8) is 0 Å². The molecular formula is C17H26N4O2S. The molecule has 1 heterocycles. The highest BCUT2D eigenvalue weighted by Crippen LogP contribution is 2.24. The Bertz CT molecular complexity index is 684. The van der Waals surface area contributed by atoms with Crippen LogP contribution in [0.2, 0.25) is 0 Å². The molecule has 0 aliphatic carbocycles. The molecule has 1 aliphatic heterocycles. The summed E-state index contributed by atoms with van der Waals surface area (Å²) in [4.78, 5) is 2.05. The first-order chi connectivity index (χ1) is 11.3. The number of nitrogens with zero attached hydrogens (tertiary/aromatic N) is 4. The Hall–Kier alpha value is -1.46. The summed E-state index contributed by atoms with van der Waals surface area (Å²) in [5, 5.41) is 9.59. The van der Waals surface area contributed by atoms with Gasteiger partial charge in [0.05, 0.1) is 6.07 Å². The summed E-state index contributed by atoms with van der Waals surface area (Å²) in [6.07, 6.45) is 0. The zero-order valence-electron chi connectivity index (χ0n) is 14.8. The van der Waals surface area contributed by atoms with Crippen LogP contribution in [0.15, 0.2) is 24.3 Å². The van der Waals surface area contributed by atoms with Crippen LogP contribution in [0, 0.1) is 11.3 Å². The summed E-state index contributed by atoms with van der Waals surface area (Å²) in [6.45, 7) is 6.20. The first-order valence-electron chi connectivity index (χ1n) is 8.18. The molecule has 7 heteroatoms. The van der Waals surface area contributed by atoms with Crippen LogP contribution in [0.5, 0.6) is 0 Å². The molecule has 1 aliphatic rings. The maximum atomic E-state index is 12.2. The van der Waals surface area contributed by atoms with Gasteiger partial charge in [0.1, 0.15) is 6.04 Å². The van der Waals surface area contributed by atoms with Gasteiger partial charge in [0.25, 0.3) is 10.2 Å². The number of benzene rings is 1. The minimum atomic E-state index is -3.38. The van der Waals surface area contributed by atoms with E-state index in [1.165, 1.54) is 28.3 Å². The maximum absolute atomic E-state index is 12.2. The minimum absolute atomic E-state index is 0.338. The van der Waals surface area contributed by atoms with Crippen LogP contribution in [-0.4, -0.2) is 62.2 Å². The van der Waals surface area contributed by atoms with Gasteiger partial charge in [0.2, 0.25) is 0 Å². The van der Waals surface area contributed by atoms with Crippen LogP contribution in [0.3, 0.4) is 0 Å². The molecular weight excluding hydrogens is 324 g/mol. The first-order valence-corrected chi connectivity index (χ1v) is 9.58. The Kier molecular flexibility index (Phi) is 5.99. The van der Waals surface area contributed by atoms with Gasteiger partial charge in [-0.2, -0.15) is 22.3 Å². The number of nitriles is 1. The van der Waals surface area contributed by atoms with E-state index in [1.54, 1.807) is 0 Å². The highest BCUT2D eigenvalue weighted by Gasteiger charge is 2.31. The van der Waals surface area contributed by atoms with Crippen molar-refractivity contribution in [2.75, 3.05) is 40.3 Å². The second-order valence-corrected chi connectivity index (χ2v) is 8.72. The third-order valence-corrected chi connectivity index (χ3v) is 6.41. The van der Waals surface area contributed by atoms with E-state index in [0.29, 0.717) is 32.1 Å². The fourth-order valence-corrected chi connectivity index (χ4v) is 3.94. The Morgan fingerprint density at radius 1 is 1.04 bits per heavy atom. The molecule has 1 unspecified atom stereocenters. The van der Waals surface area contributed by atoms with Crippen LogP contribution in [0.25, 0.3) is 0 Å². The van der Waals surface area contributed by atoms with E-state index in [2.05, 4.69) is 32.0 Å². The van der Waals surface area contributed by atoms with Gasteiger partial charge in [-0.3, -0.25) is 4.90 Å². The third-order valence-electron chi connectivity index (χ3n) is 4.47. The Labute approximate surface area is 145 Å². The largest absolute Gasteiger partial charge is 0.282 e. The zero-order chi connectivity index (χ0) is 17.9. The van der Waals surface area contributed by atoms with E-state index in [0.717, 1.165) is 5.56 Å². The Balaban J connectivity index is 2.07. The number of piperazine rings is 1. The Morgan fingerprint density at radius 2 is 1.54 bits per heavy atom. The molecule has 0 saturated carbocycles. The van der Waals surface area contributed by atoms with Crippen LogP contribution >= 0.6 is 0 Å². The minimum Gasteiger partial charge on any atom is -0.282 e. The fraction of sp³-hybridized carbons (Fsp3) is 0.588. The topological polar surface area (TPSA) is 67.6 Å². The summed E-state index contributed by atoms with van der Waals surface area (Å²) in [5.74, 6) is 0.458. The second-order valence-electron chi connectivity index (χ2n) is 6.58. The molecule has 6 nitrogen and oxygen atoms in total. The van der Waals surface area contributed by atoms with Crippen molar-refractivity contribution in [3.8, 4) is 6.07 Å². The van der Waals surface area contributed by atoms with Crippen LogP contribution in [0.1, 0.15) is 36.9 Å². The van der Waals surface area contributed by atoms with Gasteiger partial charge in [0, 0.05) is 40.3 Å². The van der Waals surface area contributed by atoms with Crippen molar-refractivity contribution in [2.24, 2.45) is 0 Å². The smallest absolute Gasteiger partial charge is 0.281 e. The molecule has 0 amide bonds. The first kappa shape index (κ1) is 18.9. The van der Waals surface area contributed by atoms with E-state index in [9.17, 15) is 13.7 Å². The lowest BCUT2D eigenvalue weighted by Crippen LogP contribution is -2.52. The molecule has 0 bridgehead atoms. The van der Waals surface area contributed by atoms with Gasteiger partial charge in [-0.05, 0) is 17.0 Å². The van der Waals surface area contributed by atoms with Crippen LogP contribution < -0.4 is 0 Å². The SMILES string of the molecule is CC(C)c1ccc(C(C#N)N2CCN(S(=O)(=O)N(C)C)CC2)cc1. The highest BCUT2D eigenvalue weighted by molar-refractivity contribution is 7.86. The van der Waals surface area contributed by atoms with Gasteiger partial charge in [-0.25, -0.2) is 0 Å². The maximum Gasteiger partial charge on any atom is 0.281 e. The molecule has 24 heavy (non-hydrogen) atoms. The fourth-order valence-electron chi connectivity index (χ4n) is 2.85. The lowest BCUT2D eigenvalue weighted by molar-refractivity contribution is 0.159. The molecule has 1 aromatic rings. The lowest BCUT2D eigenvalue weighted by Gasteiger charge is -2.37. The highest BCUT2D eigenvalue weighted by atomic mass is 32.2. The average molecular weight is 350 g/mol. The normalized spacial score (nSPS) is 18.7. The zero-order valence-corrected chi connectivity index (χ0v) is 15.6. The van der Waals surface area contributed by atoms with Gasteiger partial charge >= 0.3 is 0 Å². The van der Waals surface area contributed by atoms with Crippen molar-refractivity contribution < 1.29 is 8.42 Å². The summed E-state index contributed by atoms with van der Waals surface area (Å²) in [5.41, 5.74) is 2.21. The summed E-state index contributed by atoms with van der Waals surface area (Å²) < 4.78 is 27.0. The number of hydrogen-bond acceptors (Lipinski definition) is 4. The number of hydrogen-bond donors (Lipinski definition) is 0. The predicted molar refractivity (Wildman–Crippen MR) is 94.6 cm³/mol. The monoisotopic (exact) mass is 350 g/mol. The standard InChI is InChI=1S/C17H26N4O2S/c1-14(2)15-5-7-16(8-6-15)17(13-18)20-9-11-21(12-10-20)24(22,23)19(3)4/h5-8,14,17H,9-12H2,1-4H3. The van der Waals surface area contributed by atoms with Crippen molar-refractivity contribution in [3.05, 3.63) is 35.4 Å². The van der Waals surface area contributed by atoms with E-state index in [4.69, 9.17) is 0 Å². The average Bonchev–Trinajstić information content (AvgIpc) is 2.56. The number of rotatable bonds is 5. The van der Waals surface area contributed by atoms with Crippen LogP contribution in [-0.2, 0) is 10.2 Å². The molecule has 0 N–H and O–H groups in total. The molecule has 1 atom stereocenters. The summed E-state index contributed by atoms with van der Waals surface area (Å²) >= 11 is 0. The molecule has 1 fully saturated rings. The van der Waals surface area contributed by atoms with E-state index in [1.807, 2.05) is 17.0 Å². The lowest BCUT2D eigenvalue weighted by atomic mass is 9.98. The van der Waals surface area contributed by atoms with Gasteiger partial charge in [-0.15, -0.1) is 0 Å². The molecule has 1 saturated heterocycles. The molecule has 2 rings (SSSR count). The van der Waals surface area contributed by atoms with Gasteiger partial charge < -0.3 is 0 Å². The third kappa shape index (κ3) is 3.95. The van der Waals surface area contributed by atoms with Crippen molar-refractivity contribution in [1.29, 1.82) is 5.26 Å². The van der Waals surface area contributed by atoms with E-state index >= 15 is 0 Å². The van der Waals surface area contributed by atoms with Crippen molar-refractivity contribution >= 4 is 10.2 Å². The molecule has 1 aromatic carbocycles. The van der Waals surface area contributed by atoms with Gasteiger partial charge in [0.15, 0.2) is 0 Å². The van der Waals surface area contributed by atoms with E-state index < -0.39 is 10.2 Å². The molecule has 0 spiro atoms. The molecule has 0 aromatic heterocycles. The van der Waals surface area contributed by atoms with Crippen LogP contribution in [0.4, 0.5) is 0 Å². The second kappa shape index (κ2) is 7.62. The summed E-state index contributed by atoms with van der Waals surface area (Å²) in [7, 11) is -0.303. The quantitative estimate of drug-likeness (QED) is 0.812. The van der Waals surface area contributed by atoms with Gasteiger partial charge in [-0.1, -0.05) is 38.1 Å². The van der Waals surface area contributed by atoms with Crippen molar-refractivity contribution in [2.45, 2.75) is 25.8 Å². The molecule has 0 radical (unpaired) electrons. The predicted octanol–water partition coefficient (Wildman–Crippen LogP) is 1.80. The Morgan fingerprint density at radius 3 is 1.96 bits per heavy atom.